The summed E-state index contributed by atoms with van der Waals surface area (Å²) in [6, 6.07) is 14.3. The molecule has 2 N–H and O–H groups in total. The third kappa shape index (κ3) is 6.39. The molecule has 2 aromatic rings. The van der Waals surface area contributed by atoms with E-state index in [9.17, 15) is 9.59 Å². The van der Waals surface area contributed by atoms with E-state index in [2.05, 4.69) is 17.6 Å². The minimum absolute atomic E-state index is 0.0256. The van der Waals surface area contributed by atoms with Crippen LogP contribution in [-0.4, -0.2) is 30.1 Å². The summed E-state index contributed by atoms with van der Waals surface area (Å²) in [6.07, 6.45) is 1.57. The number of carbonyl (C=O) groups excluding carboxylic acids is 2. The molecular formula is C23H28ClN3O3. The summed E-state index contributed by atoms with van der Waals surface area (Å²) in [5.41, 5.74) is 2.45. The van der Waals surface area contributed by atoms with E-state index in [0.29, 0.717) is 16.6 Å². The molecular weight excluding hydrogens is 402 g/mol. The van der Waals surface area contributed by atoms with Crippen molar-refractivity contribution in [3.05, 3.63) is 64.7 Å². The lowest BCUT2D eigenvalue weighted by atomic mass is 9.99. The van der Waals surface area contributed by atoms with E-state index >= 15 is 0 Å². The van der Waals surface area contributed by atoms with Crippen molar-refractivity contribution in [1.82, 2.24) is 10.2 Å². The standard InChI is InChI=1S/C23H28ClN3O3/c1-16-11-13-27(14-12-16)22(28)25-17(2)19-5-9-21(10-6-19)26-23(29)30-15-18-3-7-20(24)8-4-18/h3-10,16-17H,11-15H2,1-2H3,(H,25,28)(H,26,29). The van der Waals surface area contributed by atoms with E-state index in [1.165, 1.54) is 0 Å². The van der Waals surface area contributed by atoms with Gasteiger partial charge in [0.1, 0.15) is 6.61 Å². The van der Waals surface area contributed by atoms with Crippen molar-refractivity contribution >= 4 is 29.4 Å². The summed E-state index contributed by atoms with van der Waals surface area (Å²) in [6.45, 7) is 5.95. The number of hydrogen-bond acceptors (Lipinski definition) is 3. The van der Waals surface area contributed by atoms with Crippen LogP contribution in [0.25, 0.3) is 0 Å². The van der Waals surface area contributed by atoms with Crippen molar-refractivity contribution in [3.8, 4) is 0 Å². The molecule has 0 spiro atoms. The van der Waals surface area contributed by atoms with Crippen LogP contribution in [0.3, 0.4) is 0 Å². The first kappa shape index (κ1) is 22.0. The summed E-state index contributed by atoms with van der Waals surface area (Å²) < 4.78 is 5.22. The highest BCUT2D eigenvalue weighted by Crippen LogP contribution is 2.19. The van der Waals surface area contributed by atoms with Crippen molar-refractivity contribution in [2.24, 2.45) is 5.92 Å². The number of hydrogen-bond donors (Lipinski definition) is 2. The normalized spacial score (nSPS) is 15.4. The average Bonchev–Trinajstić information content (AvgIpc) is 2.74. The Balaban J connectivity index is 1.46. The van der Waals surface area contributed by atoms with Gasteiger partial charge in [0.2, 0.25) is 0 Å². The molecule has 6 nitrogen and oxygen atoms in total. The molecule has 1 atom stereocenters. The number of amides is 3. The number of anilines is 1. The zero-order valence-corrected chi connectivity index (χ0v) is 18.1. The van der Waals surface area contributed by atoms with Gasteiger partial charge in [-0.15, -0.1) is 0 Å². The Hall–Kier alpha value is -2.73. The molecule has 0 aromatic heterocycles. The van der Waals surface area contributed by atoms with Crippen LogP contribution in [-0.2, 0) is 11.3 Å². The average molecular weight is 430 g/mol. The molecule has 1 fully saturated rings. The molecule has 3 amide bonds. The van der Waals surface area contributed by atoms with Crippen molar-refractivity contribution in [2.75, 3.05) is 18.4 Å². The Morgan fingerprint density at radius 1 is 1.10 bits per heavy atom. The monoisotopic (exact) mass is 429 g/mol. The predicted molar refractivity (Wildman–Crippen MR) is 119 cm³/mol. The molecule has 0 aliphatic carbocycles. The van der Waals surface area contributed by atoms with Crippen molar-refractivity contribution in [1.29, 1.82) is 0 Å². The molecule has 7 heteroatoms. The van der Waals surface area contributed by atoms with Crippen LogP contribution in [0.15, 0.2) is 48.5 Å². The van der Waals surface area contributed by atoms with Crippen LogP contribution >= 0.6 is 11.6 Å². The zero-order chi connectivity index (χ0) is 21.5. The highest BCUT2D eigenvalue weighted by molar-refractivity contribution is 6.30. The van der Waals surface area contributed by atoms with E-state index in [1.807, 2.05) is 36.1 Å². The van der Waals surface area contributed by atoms with Crippen LogP contribution in [0.1, 0.15) is 43.9 Å². The molecule has 2 aromatic carbocycles. The first-order chi connectivity index (χ1) is 14.4. The summed E-state index contributed by atoms with van der Waals surface area (Å²) in [5, 5.41) is 6.39. The number of halogens is 1. The fourth-order valence-corrected chi connectivity index (χ4v) is 3.44. The van der Waals surface area contributed by atoms with Crippen LogP contribution in [0.4, 0.5) is 15.3 Å². The fraction of sp³-hybridized carbons (Fsp3) is 0.391. The quantitative estimate of drug-likeness (QED) is 0.650. The molecule has 1 aliphatic heterocycles. The third-order valence-corrected chi connectivity index (χ3v) is 5.60. The molecule has 1 saturated heterocycles. The van der Waals surface area contributed by atoms with Gasteiger partial charge in [-0.1, -0.05) is 42.8 Å². The van der Waals surface area contributed by atoms with Crippen LogP contribution in [0, 0.1) is 5.92 Å². The Bertz CT molecular complexity index is 847. The zero-order valence-electron chi connectivity index (χ0n) is 17.4. The third-order valence-electron chi connectivity index (χ3n) is 5.35. The topological polar surface area (TPSA) is 70.7 Å². The van der Waals surface area contributed by atoms with Gasteiger partial charge >= 0.3 is 12.1 Å². The number of urea groups is 1. The highest BCUT2D eigenvalue weighted by Gasteiger charge is 2.21. The lowest BCUT2D eigenvalue weighted by molar-refractivity contribution is 0.155. The molecule has 1 heterocycles. The number of nitrogens with zero attached hydrogens (tertiary/aromatic N) is 1. The van der Waals surface area contributed by atoms with E-state index in [-0.39, 0.29) is 18.7 Å². The SMILES string of the molecule is CC1CCN(C(=O)NC(C)c2ccc(NC(=O)OCc3ccc(Cl)cc3)cc2)CC1. The summed E-state index contributed by atoms with van der Waals surface area (Å²) in [4.78, 5) is 26.3. The van der Waals surface area contributed by atoms with Crippen molar-refractivity contribution < 1.29 is 14.3 Å². The molecule has 0 bridgehead atoms. The summed E-state index contributed by atoms with van der Waals surface area (Å²) >= 11 is 5.84. The van der Waals surface area contributed by atoms with Gasteiger partial charge in [0.05, 0.1) is 6.04 Å². The first-order valence-electron chi connectivity index (χ1n) is 10.2. The second-order valence-corrected chi connectivity index (χ2v) is 8.23. The Morgan fingerprint density at radius 3 is 2.37 bits per heavy atom. The Morgan fingerprint density at radius 2 is 1.73 bits per heavy atom. The minimum Gasteiger partial charge on any atom is -0.444 e. The predicted octanol–water partition coefficient (Wildman–Crippen LogP) is 5.59. The summed E-state index contributed by atoms with van der Waals surface area (Å²) in [7, 11) is 0. The van der Waals surface area contributed by atoms with E-state index < -0.39 is 6.09 Å². The Kier molecular flexibility index (Phi) is 7.57. The molecule has 3 rings (SSSR count). The number of likely N-dealkylation sites (tertiary alicyclic amines) is 1. The minimum atomic E-state index is -0.529. The van der Waals surface area contributed by atoms with Gasteiger partial charge in [-0.25, -0.2) is 9.59 Å². The summed E-state index contributed by atoms with van der Waals surface area (Å²) in [5.74, 6) is 0.685. The molecule has 0 radical (unpaired) electrons. The second kappa shape index (κ2) is 10.3. The van der Waals surface area contributed by atoms with E-state index in [4.69, 9.17) is 16.3 Å². The molecule has 0 saturated carbocycles. The molecule has 1 unspecified atom stereocenters. The van der Waals surface area contributed by atoms with Crippen LogP contribution in [0.5, 0.6) is 0 Å². The number of piperidine rings is 1. The molecule has 30 heavy (non-hydrogen) atoms. The van der Waals surface area contributed by atoms with Gasteiger partial charge < -0.3 is 15.0 Å². The van der Waals surface area contributed by atoms with Gasteiger partial charge in [-0.2, -0.15) is 0 Å². The van der Waals surface area contributed by atoms with Crippen molar-refractivity contribution in [2.45, 2.75) is 39.3 Å². The number of ether oxygens (including phenoxy) is 1. The number of benzene rings is 2. The van der Waals surface area contributed by atoms with Gasteiger partial charge in [0.25, 0.3) is 0 Å². The highest BCUT2D eigenvalue weighted by atomic mass is 35.5. The number of nitrogens with one attached hydrogen (secondary N) is 2. The maximum absolute atomic E-state index is 12.4. The van der Waals surface area contributed by atoms with Gasteiger partial charge in [-0.05, 0) is 61.1 Å². The van der Waals surface area contributed by atoms with Gasteiger partial charge in [0.15, 0.2) is 0 Å². The molecule has 160 valence electrons. The van der Waals surface area contributed by atoms with Crippen LogP contribution < -0.4 is 10.6 Å². The molecule has 1 aliphatic rings. The number of rotatable bonds is 5. The lowest BCUT2D eigenvalue weighted by Crippen LogP contribution is -2.44. The Labute approximate surface area is 182 Å². The van der Waals surface area contributed by atoms with E-state index in [0.717, 1.165) is 37.1 Å². The maximum Gasteiger partial charge on any atom is 0.411 e. The largest absolute Gasteiger partial charge is 0.444 e. The van der Waals surface area contributed by atoms with Gasteiger partial charge in [0, 0.05) is 23.8 Å². The first-order valence-corrected chi connectivity index (χ1v) is 10.6. The van der Waals surface area contributed by atoms with Crippen LogP contribution in [0.2, 0.25) is 5.02 Å². The maximum atomic E-state index is 12.4. The fourth-order valence-electron chi connectivity index (χ4n) is 3.31. The van der Waals surface area contributed by atoms with Crippen molar-refractivity contribution in [3.63, 3.8) is 0 Å². The lowest BCUT2D eigenvalue weighted by Gasteiger charge is -2.31. The second-order valence-electron chi connectivity index (χ2n) is 7.79. The number of carbonyl (C=O) groups is 2. The smallest absolute Gasteiger partial charge is 0.411 e. The van der Waals surface area contributed by atoms with E-state index in [1.54, 1.807) is 24.3 Å². The van der Waals surface area contributed by atoms with Gasteiger partial charge in [-0.3, -0.25) is 5.32 Å².